The summed E-state index contributed by atoms with van der Waals surface area (Å²) in [5, 5.41) is 9.16. The van der Waals surface area contributed by atoms with E-state index in [0.717, 1.165) is 25.0 Å². The van der Waals surface area contributed by atoms with Crippen LogP contribution < -0.4 is 0 Å². The Morgan fingerprint density at radius 2 is 2.00 bits per heavy atom. The van der Waals surface area contributed by atoms with Gasteiger partial charge >= 0.3 is 0 Å². The molecule has 0 radical (unpaired) electrons. The first-order valence-corrected chi connectivity index (χ1v) is 9.34. The Labute approximate surface area is 154 Å². The molecule has 1 N–H and O–H groups in total. The topological polar surface area (TPSA) is 77.2 Å². The maximum absolute atomic E-state index is 12.7. The highest BCUT2D eigenvalue weighted by atomic mass is 16.4. The van der Waals surface area contributed by atoms with Gasteiger partial charge in [0, 0.05) is 32.6 Å². The smallest absolute Gasteiger partial charge is 0.289 e. The minimum absolute atomic E-state index is 0.000205. The van der Waals surface area contributed by atoms with Gasteiger partial charge in [-0.05, 0) is 50.9 Å². The van der Waals surface area contributed by atoms with Crippen molar-refractivity contribution in [2.24, 2.45) is 5.41 Å². The molecular formula is C19H29N3O4. The molecule has 2 aliphatic rings. The molecule has 0 atom stereocenters. The molecule has 1 aromatic heterocycles. The summed E-state index contributed by atoms with van der Waals surface area (Å²) in [5.41, 5.74) is 0.0824. The fourth-order valence-electron chi connectivity index (χ4n) is 4.06. The van der Waals surface area contributed by atoms with Crippen LogP contribution in [0.15, 0.2) is 16.5 Å². The Morgan fingerprint density at radius 3 is 2.65 bits per heavy atom. The summed E-state index contributed by atoms with van der Waals surface area (Å²) in [4.78, 5) is 30.3. The maximum atomic E-state index is 12.7. The molecule has 1 aromatic rings. The van der Waals surface area contributed by atoms with Gasteiger partial charge in [-0.2, -0.15) is 0 Å². The SMILES string of the molecule is CN(C)Cc1ccc(C(=O)N2CCC3(CCC(=O)N(CCO)C3)CC2)o1. The van der Waals surface area contributed by atoms with Gasteiger partial charge in [0.05, 0.1) is 13.2 Å². The van der Waals surface area contributed by atoms with E-state index in [2.05, 4.69) is 0 Å². The summed E-state index contributed by atoms with van der Waals surface area (Å²) in [7, 11) is 3.92. The third-order valence-electron chi connectivity index (χ3n) is 5.57. The Bertz CT molecular complexity index is 647. The number of rotatable bonds is 5. The molecule has 3 heterocycles. The van der Waals surface area contributed by atoms with Gasteiger partial charge in [-0.25, -0.2) is 0 Å². The number of hydrogen-bond donors (Lipinski definition) is 1. The normalized spacial score (nSPS) is 20.2. The average molecular weight is 363 g/mol. The van der Waals surface area contributed by atoms with Gasteiger partial charge in [0.2, 0.25) is 5.91 Å². The number of hydrogen-bond acceptors (Lipinski definition) is 5. The van der Waals surface area contributed by atoms with Crippen LogP contribution in [0.25, 0.3) is 0 Å². The van der Waals surface area contributed by atoms with Crippen LogP contribution in [0.1, 0.15) is 42.0 Å². The molecule has 26 heavy (non-hydrogen) atoms. The van der Waals surface area contributed by atoms with Crippen LogP contribution >= 0.6 is 0 Å². The lowest BCUT2D eigenvalue weighted by Crippen LogP contribution is -2.52. The number of aliphatic hydroxyl groups excluding tert-OH is 1. The lowest BCUT2D eigenvalue weighted by molar-refractivity contribution is -0.139. The quantitative estimate of drug-likeness (QED) is 0.850. The van der Waals surface area contributed by atoms with Crippen LogP contribution in [0.3, 0.4) is 0 Å². The third-order valence-corrected chi connectivity index (χ3v) is 5.57. The molecule has 2 saturated heterocycles. The first kappa shape index (κ1) is 18.9. The van der Waals surface area contributed by atoms with Crippen LogP contribution in [-0.4, -0.2) is 78.5 Å². The Hall–Kier alpha value is -1.86. The van der Waals surface area contributed by atoms with Crippen molar-refractivity contribution >= 4 is 11.8 Å². The van der Waals surface area contributed by atoms with E-state index in [0.29, 0.717) is 44.9 Å². The van der Waals surface area contributed by atoms with E-state index in [1.54, 1.807) is 11.0 Å². The van der Waals surface area contributed by atoms with Gasteiger partial charge in [0.1, 0.15) is 5.76 Å². The van der Waals surface area contributed by atoms with Gasteiger partial charge in [-0.3, -0.25) is 9.59 Å². The van der Waals surface area contributed by atoms with Crippen LogP contribution in [0.4, 0.5) is 0 Å². The number of piperidine rings is 2. The first-order chi connectivity index (χ1) is 12.4. The summed E-state index contributed by atoms with van der Waals surface area (Å²) in [6, 6.07) is 3.62. The van der Waals surface area contributed by atoms with E-state index >= 15 is 0 Å². The summed E-state index contributed by atoms with van der Waals surface area (Å²) in [6.07, 6.45) is 3.20. The second-order valence-corrected chi connectivity index (χ2v) is 7.83. The van der Waals surface area contributed by atoms with E-state index in [-0.39, 0.29) is 23.8 Å². The van der Waals surface area contributed by atoms with E-state index in [4.69, 9.17) is 9.52 Å². The van der Waals surface area contributed by atoms with Gasteiger partial charge in [-0.15, -0.1) is 0 Å². The largest absolute Gasteiger partial charge is 0.455 e. The molecular weight excluding hydrogens is 334 g/mol. The molecule has 1 spiro atoms. The number of carbonyl (C=O) groups excluding carboxylic acids is 2. The number of amides is 2. The highest BCUT2D eigenvalue weighted by Crippen LogP contribution is 2.40. The summed E-state index contributed by atoms with van der Waals surface area (Å²) >= 11 is 0. The monoisotopic (exact) mass is 363 g/mol. The van der Waals surface area contributed by atoms with Crippen molar-refractivity contribution in [1.29, 1.82) is 0 Å². The summed E-state index contributed by atoms with van der Waals surface area (Å²) < 4.78 is 5.70. The highest BCUT2D eigenvalue weighted by molar-refractivity contribution is 5.91. The van der Waals surface area contributed by atoms with Crippen molar-refractivity contribution in [3.8, 4) is 0 Å². The minimum Gasteiger partial charge on any atom is -0.455 e. The minimum atomic E-state index is -0.0519. The number of nitrogens with zero attached hydrogens (tertiary/aromatic N) is 3. The summed E-state index contributed by atoms with van der Waals surface area (Å²) in [6.45, 7) is 3.14. The lowest BCUT2D eigenvalue weighted by Gasteiger charge is -2.47. The molecule has 144 valence electrons. The maximum Gasteiger partial charge on any atom is 0.289 e. The number of likely N-dealkylation sites (tertiary alicyclic amines) is 2. The number of aliphatic hydroxyl groups is 1. The lowest BCUT2D eigenvalue weighted by atomic mass is 9.72. The number of carbonyl (C=O) groups is 2. The van der Waals surface area contributed by atoms with Gasteiger partial charge in [0.15, 0.2) is 5.76 Å². The van der Waals surface area contributed by atoms with Crippen molar-refractivity contribution in [3.05, 3.63) is 23.7 Å². The van der Waals surface area contributed by atoms with E-state index in [1.165, 1.54) is 0 Å². The van der Waals surface area contributed by atoms with Gasteiger partial charge in [0.25, 0.3) is 5.91 Å². The molecule has 0 aliphatic carbocycles. The number of furan rings is 1. The molecule has 2 fully saturated rings. The third kappa shape index (κ3) is 4.10. The molecule has 0 bridgehead atoms. The summed E-state index contributed by atoms with van der Waals surface area (Å²) in [5.74, 6) is 1.27. The standard InChI is InChI=1S/C19H29N3O4/c1-20(2)13-15-3-4-16(26-15)18(25)21-9-7-19(8-10-21)6-5-17(24)22(14-19)11-12-23/h3-4,23H,5-14H2,1-2H3. The van der Waals surface area contributed by atoms with Crippen molar-refractivity contribution < 1.29 is 19.1 Å². The predicted molar refractivity (Wildman–Crippen MR) is 96.6 cm³/mol. The van der Waals surface area contributed by atoms with Crippen molar-refractivity contribution in [2.45, 2.75) is 32.2 Å². The van der Waals surface area contributed by atoms with Crippen molar-refractivity contribution in [3.63, 3.8) is 0 Å². The fourth-order valence-corrected chi connectivity index (χ4v) is 4.06. The number of β-amino-alcohol motifs (C(OH)–C–C–N with tert-alkyl or cyclic N) is 1. The highest BCUT2D eigenvalue weighted by Gasteiger charge is 2.41. The Balaban J connectivity index is 1.58. The van der Waals surface area contributed by atoms with Crippen molar-refractivity contribution in [1.82, 2.24) is 14.7 Å². The molecule has 0 saturated carbocycles. The van der Waals surface area contributed by atoms with E-state index in [1.807, 2.05) is 30.0 Å². The zero-order chi connectivity index (χ0) is 18.7. The van der Waals surface area contributed by atoms with Crippen LogP contribution in [-0.2, 0) is 11.3 Å². The molecule has 7 nitrogen and oxygen atoms in total. The zero-order valence-corrected chi connectivity index (χ0v) is 15.7. The Kier molecular flexibility index (Phi) is 5.67. The fraction of sp³-hybridized carbons (Fsp3) is 0.684. The van der Waals surface area contributed by atoms with Crippen LogP contribution in [0, 0.1) is 5.41 Å². The molecule has 3 rings (SSSR count). The Morgan fingerprint density at radius 1 is 1.27 bits per heavy atom. The second-order valence-electron chi connectivity index (χ2n) is 7.83. The van der Waals surface area contributed by atoms with E-state index in [9.17, 15) is 9.59 Å². The molecule has 0 unspecified atom stereocenters. The molecule has 2 aliphatic heterocycles. The molecule has 7 heteroatoms. The zero-order valence-electron chi connectivity index (χ0n) is 15.7. The second kappa shape index (κ2) is 7.80. The average Bonchev–Trinajstić information content (AvgIpc) is 3.06. The van der Waals surface area contributed by atoms with E-state index < -0.39 is 0 Å². The first-order valence-electron chi connectivity index (χ1n) is 9.34. The molecule has 2 amide bonds. The van der Waals surface area contributed by atoms with Crippen LogP contribution in [0.2, 0.25) is 0 Å². The van der Waals surface area contributed by atoms with Gasteiger partial charge in [-0.1, -0.05) is 0 Å². The predicted octanol–water partition coefficient (Wildman–Crippen LogP) is 1.18. The molecule has 0 aromatic carbocycles. The van der Waals surface area contributed by atoms with Crippen molar-refractivity contribution in [2.75, 3.05) is 46.9 Å². The van der Waals surface area contributed by atoms with Gasteiger partial charge < -0.3 is 24.2 Å². The van der Waals surface area contributed by atoms with Crippen LogP contribution in [0.5, 0.6) is 0 Å².